The van der Waals surface area contributed by atoms with E-state index in [9.17, 15) is 4.79 Å². The number of carbonyl (C=O) groups excluding carboxylic acids is 1. The molecule has 0 aliphatic carbocycles. The Hall–Kier alpha value is -1.36. The summed E-state index contributed by atoms with van der Waals surface area (Å²) >= 11 is 0. The fourth-order valence-electron chi connectivity index (χ4n) is 3.03. The molecule has 1 aromatic rings. The van der Waals surface area contributed by atoms with Gasteiger partial charge in [0.05, 0.1) is 12.2 Å². The standard InChI is InChI=1S/C14H24N4O/c1-5-12-8-15-17-13(12)16-14(19)11(4)18-9(2)6-7-10(18)3/h8-11H,5-7H2,1-4H3,(H2,15,16,17,19). The van der Waals surface area contributed by atoms with Crippen LogP contribution in [0.2, 0.25) is 0 Å². The molecule has 1 aliphatic rings. The summed E-state index contributed by atoms with van der Waals surface area (Å²) in [6, 6.07) is 0.840. The summed E-state index contributed by atoms with van der Waals surface area (Å²) in [5, 5.41) is 9.80. The second-order valence-electron chi connectivity index (χ2n) is 5.51. The monoisotopic (exact) mass is 264 g/mol. The number of carbonyl (C=O) groups is 1. The minimum absolute atomic E-state index is 0.0413. The van der Waals surface area contributed by atoms with Crippen LogP contribution in [0.4, 0.5) is 5.82 Å². The molecule has 0 saturated carbocycles. The molecule has 2 N–H and O–H groups in total. The van der Waals surface area contributed by atoms with Crippen molar-refractivity contribution in [2.24, 2.45) is 0 Å². The number of nitrogens with one attached hydrogen (secondary N) is 2. The van der Waals surface area contributed by atoms with E-state index in [1.807, 2.05) is 6.92 Å². The van der Waals surface area contributed by atoms with E-state index in [4.69, 9.17) is 0 Å². The van der Waals surface area contributed by atoms with Crippen LogP contribution < -0.4 is 5.32 Å². The zero-order valence-corrected chi connectivity index (χ0v) is 12.2. The highest BCUT2D eigenvalue weighted by atomic mass is 16.2. The molecule has 3 atom stereocenters. The van der Waals surface area contributed by atoms with Crippen LogP contribution >= 0.6 is 0 Å². The molecule has 1 amide bonds. The van der Waals surface area contributed by atoms with Gasteiger partial charge in [-0.3, -0.25) is 14.8 Å². The lowest BCUT2D eigenvalue weighted by Gasteiger charge is -2.31. The molecule has 5 nitrogen and oxygen atoms in total. The molecule has 3 unspecified atom stereocenters. The van der Waals surface area contributed by atoms with Crippen molar-refractivity contribution in [1.29, 1.82) is 0 Å². The van der Waals surface area contributed by atoms with Crippen molar-refractivity contribution in [3.8, 4) is 0 Å². The molecule has 0 spiro atoms. The van der Waals surface area contributed by atoms with E-state index < -0.39 is 0 Å². The minimum Gasteiger partial charge on any atom is -0.309 e. The van der Waals surface area contributed by atoms with Crippen molar-refractivity contribution in [2.75, 3.05) is 5.32 Å². The molecule has 19 heavy (non-hydrogen) atoms. The first-order valence-electron chi connectivity index (χ1n) is 7.15. The normalized spacial score (nSPS) is 25.5. The molecular weight excluding hydrogens is 240 g/mol. The van der Waals surface area contributed by atoms with Crippen LogP contribution in [-0.2, 0) is 11.2 Å². The van der Waals surface area contributed by atoms with Crippen LogP contribution in [0, 0.1) is 0 Å². The average molecular weight is 264 g/mol. The van der Waals surface area contributed by atoms with Crippen molar-refractivity contribution in [3.05, 3.63) is 11.8 Å². The van der Waals surface area contributed by atoms with Crippen LogP contribution in [0.15, 0.2) is 6.20 Å². The molecule has 1 fully saturated rings. The second-order valence-corrected chi connectivity index (χ2v) is 5.51. The molecule has 1 aliphatic heterocycles. The van der Waals surface area contributed by atoms with Crippen LogP contribution in [0.1, 0.15) is 46.1 Å². The molecule has 0 radical (unpaired) electrons. The Morgan fingerprint density at radius 1 is 1.53 bits per heavy atom. The quantitative estimate of drug-likeness (QED) is 0.876. The number of anilines is 1. The first-order chi connectivity index (χ1) is 9.04. The van der Waals surface area contributed by atoms with E-state index >= 15 is 0 Å². The lowest BCUT2D eigenvalue weighted by atomic mass is 10.2. The number of aryl methyl sites for hydroxylation is 1. The lowest BCUT2D eigenvalue weighted by Crippen LogP contribution is -2.47. The number of hydrogen-bond donors (Lipinski definition) is 2. The van der Waals surface area contributed by atoms with Crippen molar-refractivity contribution in [2.45, 2.75) is 65.1 Å². The number of amides is 1. The average Bonchev–Trinajstić information content (AvgIpc) is 2.95. The third-order valence-corrected chi connectivity index (χ3v) is 4.19. The summed E-state index contributed by atoms with van der Waals surface area (Å²) in [6.07, 6.45) is 4.96. The summed E-state index contributed by atoms with van der Waals surface area (Å²) in [6.45, 7) is 8.42. The molecule has 0 bridgehead atoms. The van der Waals surface area contributed by atoms with Crippen molar-refractivity contribution in [1.82, 2.24) is 15.1 Å². The smallest absolute Gasteiger partial charge is 0.242 e. The zero-order chi connectivity index (χ0) is 14.0. The Morgan fingerprint density at radius 3 is 2.74 bits per heavy atom. The molecule has 5 heteroatoms. The van der Waals surface area contributed by atoms with Gasteiger partial charge in [0, 0.05) is 17.6 Å². The molecule has 1 saturated heterocycles. The highest BCUT2D eigenvalue weighted by Crippen LogP contribution is 2.26. The Bertz CT molecular complexity index is 432. The molecule has 106 valence electrons. The Morgan fingerprint density at radius 2 is 2.16 bits per heavy atom. The van der Waals surface area contributed by atoms with Gasteiger partial charge in [0.15, 0.2) is 0 Å². The maximum absolute atomic E-state index is 12.4. The number of aromatic amines is 1. The van der Waals surface area contributed by atoms with E-state index in [-0.39, 0.29) is 11.9 Å². The number of rotatable bonds is 4. The molecular formula is C14H24N4O. The molecule has 2 rings (SSSR count). The Kier molecular flexibility index (Phi) is 4.24. The van der Waals surface area contributed by atoms with Gasteiger partial charge in [-0.25, -0.2) is 0 Å². The van der Waals surface area contributed by atoms with Gasteiger partial charge < -0.3 is 5.32 Å². The number of aromatic nitrogens is 2. The van der Waals surface area contributed by atoms with Gasteiger partial charge >= 0.3 is 0 Å². The predicted octanol–water partition coefficient (Wildman–Crippen LogP) is 2.17. The number of hydrogen-bond acceptors (Lipinski definition) is 3. The largest absolute Gasteiger partial charge is 0.309 e. The van der Waals surface area contributed by atoms with E-state index in [1.54, 1.807) is 6.20 Å². The minimum atomic E-state index is -0.111. The van der Waals surface area contributed by atoms with E-state index in [2.05, 4.69) is 41.2 Å². The second kappa shape index (κ2) is 5.74. The summed E-state index contributed by atoms with van der Waals surface area (Å²) in [5.41, 5.74) is 1.04. The summed E-state index contributed by atoms with van der Waals surface area (Å²) in [4.78, 5) is 14.7. The highest BCUT2D eigenvalue weighted by molar-refractivity contribution is 5.94. The van der Waals surface area contributed by atoms with Crippen LogP contribution in [0.5, 0.6) is 0 Å². The fraction of sp³-hybridized carbons (Fsp3) is 0.714. The van der Waals surface area contributed by atoms with E-state index in [0.29, 0.717) is 12.1 Å². The molecule has 0 aromatic carbocycles. The van der Waals surface area contributed by atoms with Gasteiger partial charge in [-0.05, 0) is 40.0 Å². The van der Waals surface area contributed by atoms with Gasteiger partial charge in [-0.2, -0.15) is 5.10 Å². The van der Waals surface area contributed by atoms with Gasteiger partial charge in [-0.15, -0.1) is 0 Å². The van der Waals surface area contributed by atoms with Crippen molar-refractivity contribution in [3.63, 3.8) is 0 Å². The summed E-state index contributed by atoms with van der Waals surface area (Å²) < 4.78 is 0. The number of nitrogens with zero attached hydrogens (tertiary/aromatic N) is 2. The Labute approximate surface area is 114 Å². The molecule has 1 aromatic heterocycles. The predicted molar refractivity (Wildman–Crippen MR) is 76.1 cm³/mol. The van der Waals surface area contributed by atoms with Crippen LogP contribution in [0.25, 0.3) is 0 Å². The summed E-state index contributed by atoms with van der Waals surface area (Å²) in [5.74, 6) is 0.776. The van der Waals surface area contributed by atoms with E-state index in [1.165, 1.54) is 12.8 Å². The van der Waals surface area contributed by atoms with Crippen LogP contribution in [0.3, 0.4) is 0 Å². The van der Waals surface area contributed by atoms with E-state index in [0.717, 1.165) is 17.8 Å². The zero-order valence-electron chi connectivity index (χ0n) is 12.2. The van der Waals surface area contributed by atoms with Crippen molar-refractivity contribution >= 4 is 11.7 Å². The van der Waals surface area contributed by atoms with Crippen molar-refractivity contribution < 1.29 is 4.79 Å². The number of likely N-dealkylation sites (tertiary alicyclic amines) is 1. The first kappa shape index (κ1) is 14.1. The Balaban J connectivity index is 2.03. The topological polar surface area (TPSA) is 61.0 Å². The fourth-order valence-corrected chi connectivity index (χ4v) is 3.03. The van der Waals surface area contributed by atoms with Gasteiger partial charge in [0.2, 0.25) is 5.91 Å². The molecule has 2 heterocycles. The lowest BCUT2D eigenvalue weighted by molar-refractivity contribution is -0.121. The van der Waals surface area contributed by atoms with Gasteiger partial charge in [0.25, 0.3) is 0 Å². The van der Waals surface area contributed by atoms with Gasteiger partial charge in [-0.1, -0.05) is 6.92 Å². The SMILES string of the molecule is CCc1cn[nH]c1NC(=O)C(C)N1C(C)CCC1C. The third kappa shape index (κ3) is 2.81. The van der Waals surface area contributed by atoms with Gasteiger partial charge in [0.1, 0.15) is 5.82 Å². The maximum Gasteiger partial charge on any atom is 0.242 e. The first-order valence-corrected chi connectivity index (χ1v) is 7.15. The highest BCUT2D eigenvalue weighted by Gasteiger charge is 2.34. The maximum atomic E-state index is 12.4. The third-order valence-electron chi connectivity index (χ3n) is 4.19. The van der Waals surface area contributed by atoms with Crippen LogP contribution in [-0.4, -0.2) is 39.1 Å². The number of H-pyrrole nitrogens is 1. The summed E-state index contributed by atoms with van der Waals surface area (Å²) in [7, 11) is 0.